The molecule has 24 heavy (non-hydrogen) atoms. The lowest BCUT2D eigenvalue weighted by Crippen LogP contribution is -2.32. The van der Waals surface area contributed by atoms with Gasteiger partial charge in [-0.1, -0.05) is 36.4 Å². The molecule has 120 valence electrons. The van der Waals surface area contributed by atoms with Crippen LogP contribution >= 0.6 is 0 Å². The van der Waals surface area contributed by atoms with Crippen LogP contribution in [0.1, 0.15) is 11.1 Å². The van der Waals surface area contributed by atoms with Gasteiger partial charge in [0.05, 0.1) is 11.9 Å². The molecule has 0 aliphatic carbocycles. The van der Waals surface area contributed by atoms with Gasteiger partial charge in [0.1, 0.15) is 11.6 Å². The highest BCUT2D eigenvalue weighted by atomic mass is 16.5. The van der Waals surface area contributed by atoms with Crippen LogP contribution in [0.25, 0.3) is 5.69 Å². The summed E-state index contributed by atoms with van der Waals surface area (Å²) in [5.74, 6) is 1.30. The number of nitrogens with zero attached hydrogens (tertiary/aromatic N) is 2. The van der Waals surface area contributed by atoms with Crippen LogP contribution in [0, 0.1) is 6.92 Å². The van der Waals surface area contributed by atoms with Gasteiger partial charge in [0.2, 0.25) is 0 Å². The molecule has 5 nitrogen and oxygen atoms in total. The zero-order chi connectivity index (χ0) is 16.5. The summed E-state index contributed by atoms with van der Waals surface area (Å²) >= 11 is 0. The highest BCUT2D eigenvalue weighted by Gasteiger charge is 2.29. The Kier molecular flexibility index (Phi) is 3.54. The number of anilines is 1. The Hall–Kier alpha value is -3.08. The third kappa shape index (κ3) is 2.54. The Labute approximate surface area is 139 Å². The first-order chi connectivity index (χ1) is 11.7. The van der Waals surface area contributed by atoms with Crippen molar-refractivity contribution in [3.63, 3.8) is 0 Å². The van der Waals surface area contributed by atoms with Crippen LogP contribution in [0.4, 0.5) is 5.82 Å². The number of amides is 1. The van der Waals surface area contributed by atoms with Gasteiger partial charge in [0.15, 0.2) is 6.10 Å². The number of fused-ring (bicyclic) bond motifs is 1. The molecule has 1 amide bonds. The summed E-state index contributed by atoms with van der Waals surface area (Å²) in [4.78, 5) is 12.6. The predicted molar refractivity (Wildman–Crippen MR) is 91.5 cm³/mol. The van der Waals surface area contributed by atoms with Gasteiger partial charge in [-0.05, 0) is 30.7 Å². The van der Waals surface area contributed by atoms with Crippen molar-refractivity contribution in [2.24, 2.45) is 0 Å². The number of carbonyl (C=O) groups excluding carboxylic acids is 1. The molecule has 2 heterocycles. The summed E-state index contributed by atoms with van der Waals surface area (Å²) in [6, 6.07) is 17.5. The second kappa shape index (κ2) is 5.85. The molecule has 1 atom stereocenters. The van der Waals surface area contributed by atoms with Crippen molar-refractivity contribution in [2.45, 2.75) is 19.4 Å². The fourth-order valence-corrected chi connectivity index (χ4v) is 2.87. The second-order valence-corrected chi connectivity index (χ2v) is 5.83. The molecule has 1 aromatic heterocycles. The van der Waals surface area contributed by atoms with Crippen molar-refractivity contribution in [3.05, 3.63) is 71.9 Å². The topological polar surface area (TPSA) is 56.2 Å². The van der Waals surface area contributed by atoms with E-state index in [0.29, 0.717) is 12.2 Å². The lowest BCUT2D eigenvalue weighted by atomic mass is 10.1. The summed E-state index contributed by atoms with van der Waals surface area (Å²) in [5.41, 5.74) is 2.87. The van der Waals surface area contributed by atoms with Crippen LogP contribution in [-0.4, -0.2) is 21.8 Å². The average Bonchev–Trinajstić information content (AvgIpc) is 3.20. The first kappa shape index (κ1) is 14.5. The third-order valence-corrected chi connectivity index (χ3v) is 4.13. The Morgan fingerprint density at radius 3 is 2.71 bits per heavy atom. The highest BCUT2D eigenvalue weighted by Crippen LogP contribution is 2.29. The Morgan fingerprint density at radius 2 is 1.92 bits per heavy atom. The van der Waals surface area contributed by atoms with Crippen LogP contribution in [0.3, 0.4) is 0 Å². The minimum Gasteiger partial charge on any atom is -0.480 e. The number of aromatic nitrogens is 2. The Balaban J connectivity index is 1.57. The Morgan fingerprint density at radius 1 is 1.17 bits per heavy atom. The molecule has 1 N–H and O–H groups in total. The van der Waals surface area contributed by atoms with E-state index in [1.807, 2.05) is 61.5 Å². The third-order valence-electron chi connectivity index (χ3n) is 4.13. The minimum absolute atomic E-state index is 0.160. The molecule has 0 saturated carbocycles. The molecular weight excluding hydrogens is 302 g/mol. The lowest BCUT2D eigenvalue weighted by molar-refractivity contribution is -0.122. The molecule has 0 saturated heterocycles. The predicted octanol–water partition coefficient (Wildman–Crippen LogP) is 3.12. The van der Waals surface area contributed by atoms with E-state index in [1.165, 1.54) is 0 Å². The molecule has 3 aromatic rings. The van der Waals surface area contributed by atoms with E-state index < -0.39 is 6.10 Å². The maximum atomic E-state index is 12.6. The van der Waals surface area contributed by atoms with E-state index in [-0.39, 0.29) is 5.91 Å². The molecule has 0 bridgehead atoms. The van der Waals surface area contributed by atoms with Gasteiger partial charge in [0, 0.05) is 12.0 Å². The number of aryl methyl sites for hydroxylation is 1. The zero-order valence-corrected chi connectivity index (χ0v) is 13.3. The zero-order valence-electron chi connectivity index (χ0n) is 13.3. The minimum atomic E-state index is -0.513. The van der Waals surface area contributed by atoms with E-state index >= 15 is 0 Å². The van der Waals surface area contributed by atoms with Gasteiger partial charge >= 0.3 is 0 Å². The fourth-order valence-electron chi connectivity index (χ4n) is 2.87. The first-order valence-electron chi connectivity index (χ1n) is 7.88. The standard InChI is InChI=1S/C19H17N3O2/c1-13-12-20-22(15-8-3-2-4-9-15)18(13)21-19(23)17-11-14-7-5-6-10-16(14)24-17/h2-10,12,17H,11H2,1H3,(H,21,23). The lowest BCUT2D eigenvalue weighted by Gasteiger charge is -2.13. The molecule has 4 rings (SSSR count). The summed E-state index contributed by atoms with van der Waals surface area (Å²) < 4.78 is 7.49. The molecule has 1 aliphatic heterocycles. The second-order valence-electron chi connectivity index (χ2n) is 5.83. The normalized spacial score (nSPS) is 15.6. The number of hydrogen-bond acceptors (Lipinski definition) is 3. The quantitative estimate of drug-likeness (QED) is 0.807. The van der Waals surface area contributed by atoms with Crippen LogP contribution in [0.5, 0.6) is 5.75 Å². The van der Waals surface area contributed by atoms with Gasteiger partial charge in [-0.25, -0.2) is 4.68 Å². The van der Waals surface area contributed by atoms with Crippen LogP contribution in [0.15, 0.2) is 60.8 Å². The van der Waals surface area contributed by atoms with E-state index in [1.54, 1.807) is 10.9 Å². The number of para-hydroxylation sites is 2. The number of rotatable bonds is 3. The first-order valence-corrected chi connectivity index (χ1v) is 7.88. The summed E-state index contributed by atoms with van der Waals surface area (Å²) in [6.07, 6.45) is 1.81. The average molecular weight is 319 g/mol. The van der Waals surface area contributed by atoms with Gasteiger partial charge in [-0.2, -0.15) is 5.10 Å². The van der Waals surface area contributed by atoms with Crippen LogP contribution in [-0.2, 0) is 11.2 Å². The van der Waals surface area contributed by atoms with E-state index in [4.69, 9.17) is 4.74 Å². The summed E-state index contributed by atoms with van der Waals surface area (Å²) in [5, 5.41) is 7.34. The number of ether oxygens (including phenoxy) is 1. The summed E-state index contributed by atoms with van der Waals surface area (Å²) in [6.45, 7) is 1.92. The largest absolute Gasteiger partial charge is 0.480 e. The van der Waals surface area contributed by atoms with Crippen molar-refractivity contribution in [3.8, 4) is 11.4 Å². The number of carbonyl (C=O) groups is 1. The highest BCUT2D eigenvalue weighted by molar-refractivity contribution is 5.95. The van der Waals surface area contributed by atoms with Crippen molar-refractivity contribution < 1.29 is 9.53 Å². The van der Waals surface area contributed by atoms with Gasteiger partial charge in [-0.3, -0.25) is 4.79 Å². The molecule has 0 radical (unpaired) electrons. The Bertz CT molecular complexity index is 862. The smallest absolute Gasteiger partial charge is 0.266 e. The number of nitrogens with one attached hydrogen (secondary N) is 1. The molecule has 2 aromatic carbocycles. The maximum Gasteiger partial charge on any atom is 0.266 e. The molecule has 1 unspecified atom stereocenters. The SMILES string of the molecule is Cc1cnn(-c2ccccc2)c1NC(=O)C1Cc2ccccc2O1. The van der Waals surface area contributed by atoms with Crippen LogP contribution < -0.4 is 10.1 Å². The molecular formula is C19H17N3O2. The number of benzene rings is 2. The van der Waals surface area contributed by atoms with Gasteiger partial charge in [0.25, 0.3) is 5.91 Å². The van der Waals surface area contributed by atoms with Gasteiger partial charge < -0.3 is 10.1 Å². The maximum absolute atomic E-state index is 12.6. The molecule has 0 spiro atoms. The fraction of sp³-hybridized carbons (Fsp3) is 0.158. The summed E-state index contributed by atoms with van der Waals surface area (Å²) in [7, 11) is 0. The van der Waals surface area contributed by atoms with E-state index in [0.717, 1.165) is 22.6 Å². The van der Waals surface area contributed by atoms with E-state index in [9.17, 15) is 4.79 Å². The van der Waals surface area contributed by atoms with Crippen molar-refractivity contribution in [2.75, 3.05) is 5.32 Å². The molecule has 5 heteroatoms. The monoisotopic (exact) mass is 319 g/mol. The molecule has 0 fully saturated rings. The van der Waals surface area contributed by atoms with Crippen molar-refractivity contribution in [1.82, 2.24) is 9.78 Å². The van der Waals surface area contributed by atoms with Crippen molar-refractivity contribution >= 4 is 11.7 Å². The molecule has 1 aliphatic rings. The van der Waals surface area contributed by atoms with Crippen LogP contribution in [0.2, 0.25) is 0 Å². The van der Waals surface area contributed by atoms with E-state index in [2.05, 4.69) is 10.4 Å². The van der Waals surface area contributed by atoms with Gasteiger partial charge in [-0.15, -0.1) is 0 Å². The van der Waals surface area contributed by atoms with Crippen molar-refractivity contribution in [1.29, 1.82) is 0 Å². The number of hydrogen-bond donors (Lipinski definition) is 1.